The van der Waals surface area contributed by atoms with Crippen molar-refractivity contribution in [3.05, 3.63) is 24.8 Å². The molecule has 16 heavy (non-hydrogen) atoms. The Kier molecular flexibility index (Phi) is 2.02. The Bertz CT molecular complexity index is 491. The van der Waals surface area contributed by atoms with Crippen molar-refractivity contribution >= 4 is 11.8 Å². The van der Waals surface area contributed by atoms with Crippen LogP contribution in [-0.2, 0) is 0 Å². The van der Waals surface area contributed by atoms with Gasteiger partial charge in [0, 0.05) is 23.4 Å². The Balaban J connectivity index is 2.01. The minimum Gasteiger partial charge on any atom is -0.472 e. The minimum atomic E-state index is 0.287. The normalized spacial score (nSPS) is 15.0. The minimum absolute atomic E-state index is 0.287. The average molecular weight is 216 g/mol. The lowest BCUT2D eigenvalue weighted by atomic mass is 10.1. The quantitative estimate of drug-likeness (QED) is 0.819. The predicted molar refractivity (Wildman–Crippen MR) is 60.8 cm³/mol. The number of nitrogen functional groups attached to an aromatic ring is 1. The van der Waals surface area contributed by atoms with Crippen LogP contribution in [0.2, 0.25) is 0 Å². The van der Waals surface area contributed by atoms with E-state index in [0.717, 1.165) is 16.9 Å². The van der Waals surface area contributed by atoms with E-state index in [1.807, 2.05) is 6.07 Å². The summed E-state index contributed by atoms with van der Waals surface area (Å²) in [5.74, 6) is 1.08. The van der Waals surface area contributed by atoms with E-state index in [4.69, 9.17) is 10.2 Å². The molecule has 5 heteroatoms. The van der Waals surface area contributed by atoms with Gasteiger partial charge in [-0.25, -0.2) is 4.98 Å². The van der Waals surface area contributed by atoms with Crippen LogP contribution < -0.4 is 11.1 Å². The number of hydrogen-bond acceptors (Lipinski definition) is 5. The number of rotatable bonds is 3. The summed E-state index contributed by atoms with van der Waals surface area (Å²) in [6.07, 6.45) is 7.40. The average Bonchev–Trinajstić information content (AvgIpc) is 2.92. The van der Waals surface area contributed by atoms with Gasteiger partial charge in [0.25, 0.3) is 0 Å². The molecule has 0 saturated heterocycles. The zero-order chi connectivity index (χ0) is 11.0. The van der Waals surface area contributed by atoms with E-state index in [1.165, 1.54) is 12.8 Å². The predicted octanol–water partition coefficient (Wildman–Crippen LogP) is 1.89. The summed E-state index contributed by atoms with van der Waals surface area (Å²) < 4.78 is 5.06. The van der Waals surface area contributed by atoms with Crippen molar-refractivity contribution in [1.29, 1.82) is 0 Å². The molecule has 0 spiro atoms. The molecule has 0 aromatic carbocycles. The highest BCUT2D eigenvalue weighted by atomic mass is 16.3. The van der Waals surface area contributed by atoms with Gasteiger partial charge in [-0.3, -0.25) is 0 Å². The molecule has 1 aliphatic carbocycles. The Morgan fingerprint density at radius 3 is 3.00 bits per heavy atom. The lowest BCUT2D eigenvalue weighted by molar-refractivity contribution is 0.568. The van der Waals surface area contributed by atoms with Gasteiger partial charge < -0.3 is 15.5 Å². The maximum Gasteiger partial charge on any atom is 0.221 e. The fourth-order valence-corrected chi connectivity index (χ4v) is 1.56. The van der Waals surface area contributed by atoms with E-state index in [2.05, 4.69) is 15.3 Å². The number of nitrogens with one attached hydrogen (secondary N) is 1. The fraction of sp³-hybridized carbons (Fsp3) is 0.273. The van der Waals surface area contributed by atoms with Gasteiger partial charge in [-0.2, -0.15) is 4.98 Å². The third kappa shape index (κ3) is 1.71. The summed E-state index contributed by atoms with van der Waals surface area (Å²) in [5, 5.41) is 3.34. The molecule has 0 radical (unpaired) electrons. The first kappa shape index (κ1) is 9.21. The van der Waals surface area contributed by atoms with Crippen LogP contribution in [0.3, 0.4) is 0 Å². The largest absolute Gasteiger partial charge is 0.472 e. The van der Waals surface area contributed by atoms with Crippen LogP contribution in [0.4, 0.5) is 11.8 Å². The standard InChI is InChI=1S/C11H12N4O/c12-11-13-5-9(7-3-4-16-6-7)10(15-11)14-8-1-2-8/h3-6,8H,1-2H2,(H3,12,13,14,15). The summed E-state index contributed by atoms with van der Waals surface area (Å²) in [4.78, 5) is 8.23. The second-order valence-corrected chi connectivity index (χ2v) is 3.92. The van der Waals surface area contributed by atoms with Crippen LogP contribution in [-0.4, -0.2) is 16.0 Å². The van der Waals surface area contributed by atoms with Gasteiger partial charge in [0.15, 0.2) is 0 Å². The number of furan rings is 1. The van der Waals surface area contributed by atoms with Gasteiger partial charge in [0.2, 0.25) is 5.95 Å². The van der Waals surface area contributed by atoms with Crippen molar-refractivity contribution in [1.82, 2.24) is 9.97 Å². The Morgan fingerprint density at radius 2 is 2.31 bits per heavy atom. The first-order chi connectivity index (χ1) is 7.83. The molecule has 2 heterocycles. The summed E-state index contributed by atoms with van der Waals surface area (Å²) in [7, 11) is 0. The van der Waals surface area contributed by atoms with Crippen LogP contribution in [0.5, 0.6) is 0 Å². The molecule has 2 aromatic heterocycles. The molecule has 0 unspecified atom stereocenters. The van der Waals surface area contributed by atoms with Crippen LogP contribution >= 0.6 is 0 Å². The van der Waals surface area contributed by atoms with Crippen molar-refractivity contribution in [2.24, 2.45) is 0 Å². The Hall–Kier alpha value is -2.04. The SMILES string of the molecule is Nc1ncc(-c2ccoc2)c(NC2CC2)n1. The van der Waals surface area contributed by atoms with Crippen molar-refractivity contribution in [2.45, 2.75) is 18.9 Å². The van der Waals surface area contributed by atoms with Crippen LogP contribution in [0.1, 0.15) is 12.8 Å². The lowest BCUT2D eigenvalue weighted by Gasteiger charge is -2.08. The van der Waals surface area contributed by atoms with Crippen molar-refractivity contribution in [2.75, 3.05) is 11.1 Å². The van der Waals surface area contributed by atoms with Gasteiger partial charge in [-0.05, 0) is 18.9 Å². The molecule has 1 aliphatic rings. The molecule has 3 rings (SSSR count). The van der Waals surface area contributed by atoms with Crippen molar-refractivity contribution in [3.8, 4) is 11.1 Å². The molecule has 82 valence electrons. The lowest BCUT2D eigenvalue weighted by Crippen LogP contribution is -2.07. The smallest absolute Gasteiger partial charge is 0.221 e. The molecular formula is C11H12N4O. The third-order valence-corrected chi connectivity index (χ3v) is 2.56. The monoisotopic (exact) mass is 216 g/mol. The second kappa shape index (κ2) is 3.52. The molecule has 0 amide bonds. The van der Waals surface area contributed by atoms with Crippen molar-refractivity contribution < 1.29 is 4.42 Å². The van der Waals surface area contributed by atoms with E-state index < -0.39 is 0 Å². The van der Waals surface area contributed by atoms with Gasteiger partial charge in [0.05, 0.1) is 12.5 Å². The first-order valence-electron chi connectivity index (χ1n) is 5.24. The maximum atomic E-state index is 5.59. The van der Waals surface area contributed by atoms with Crippen LogP contribution in [0.25, 0.3) is 11.1 Å². The van der Waals surface area contributed by atoms with Gasteiger partial charge in [-0.1, -0.05) is 0 Å². The number of anilines is 2. The zero-order valence-electron chi connectivity index (χ0n) is 8.68. The summed E-state index contributed by atoms with van der Waals surface area (Å²) >= 11 is 0. The van der Waals surface area contributed by atoms with Crippen LogP contribution in [0, 0.1) is 0 Å². The molecule has 3 N–H and O–H groups in total. The topological polar surface area (TPSA) is 77.0 Å². The first-order valence-corrected chi connectivity index (χ1v) is 5.24. The third-order valence-electron chi connectivity index (χ3n) is 2.56. The van der Waals surface area contributed by atoms with E-state index in [9.17, 15) is 0 Å². The summed E-state index contributed by atoms with van der Waals surface area (Å²) in [6, 6.07) is 2.41. The number of aromatic nitrogens is 2. The van der Waals surface area contributed by atoms with Gasteiger partial charge in [0.1, 0.15) is 5.82 Å². The second-order valence-electron chi connectivity index (χ2n) is 3.92. The van der Waals surface area contributed by atoms with Crippen molar-refractivity contribution in [3.63, 3.8) is 0 Å². The number of nitrogens with zero attached hydrogens (tertiary/aromatic N) is 2. The van der Waals surface area contributed by atoms with E-state index in [1.54, 1.807) is 18.7 Å². The molecule has 5 nitrogen and oxygen atoms in total. The van der Waals surface area contributed by atoms with Crippen LogP contribution in [0.15, 0.2) is 29.2 Å². The number of hydrogen-bond donors (Lipinski definition) is 2. The molecular weight excluding hydrogens is 204 g/mol. The Labute approximate surface area is 92.7 Å². The zero-order valence-corrected chi connectivity index (χ0v) is 8.68. The molecule has 0 bridgehead atoms. The summed E-state index contributed by atoms with van der Waals surface area (Å²) in [5.41, 5.74) is 7.48. The highest BCUT2D eigenvalue weighted by molar-refractivity contribution is 5.74. The maximum absolute atomic E-state index is 5.59. The summed E-state index contributed by atoms with van der Waals surface area (Å²) in [6.45, 7) is 0. The fourth-order valence-electron chi connectivity index (χ4n) is 1.56. The molecule has 1 fully saturated rings. The highest BCUT2D eigenvalue weighted by Crippen LogP contribution is 2.31. The highest BCUT2D eigenvalue weighted by Gasteiger charge is 2.23. The number of nitrogens with two attached hydrogens (primary N) is 1. The van der Waals surface area contributed by atoms with E-state index in [-0.39, 0.29) is 5.95 Å². The van der Waals surface area contributed by atoms with E-state index in [0.29, 0.717) is 6.04 Å². The molecule has 2 aromatic rings. The molecule has 0 aliphatic heterocycles. The van der Waals surface area contributed by atoms with Gasteiger partial charge in [-0.15, -0.1) is 0 Å². The van der Waals surface area contributed by atoms with Gasteiger partial charge >= 0.3 is 0 Å². The Morgan fingerprint density at radius 1 is 1.44 bits per heavy atom. The molecule has 0 atom stereocenters. The molecule has 1 saturated carbocycles. The van der Waals surface area contributed by atoms with E-state index >= 15 is 0 Å².